The number of pyridine rings is 1. The molecule has 0 radical (unpaired) electrons. The Hall–Kier alpha value is -3.82. The number of alkyl carbamates (subject to hydrolysis) is 1. The first-order chi connectivity index (χ1) is 13.7. The molecule has 0 fully saturated rings. The summed E-state index contributed by atoms with van der Waals surface area (Å²) in [6, 6.07) is 5.79. The van der Waals surface area contributed by atoms with Crippen LogP contribution in [-0.2, 0) is 22.7 Å². The molecule has 10 heteroatoms. The average molecular weight is 404 g/mol. The van der Waals surface area contributed by atoms with Crippen molar-refractivity contribution in [2.45, 2.75) is 19.2 Å². The zero-order valence-corrected chi connectivity index (χ0v) is 15.9. The number of phenols is 2. The fourth-order valence-corrected chi connectivity index (χ4v) is 2.44. The Bertz CT molecular complexity index is 914. The van der Waals surface area contributed by atoms with Crippen LogP contribution in [0.25, 0.3) is 0 Å². The number of aliphatic carboxylic acids is 1. The quantitative estimate of drug-likeness (QED) is 0.388. The molecular weight excluding hydrogens is 382 g/mol. The summed E-state index contributed by atoms with van der Waals surface area (Å²) in [5.41, 5.74) is 0.800. The lowest BCUT2D eigenvalue weighted by Crippen LogP contribution is -2.45. The van der Waals surface area contributed by atoms with Crippen LogP contribution in [0, 0.1) is 0 Å². The van der Waals surface area contributed by atoms with E-state index in [2.05, 4.69) is 5.32 Å². The summed E-state index contributed by atoms with van der Waals surface area (Å²) in [5, 5.41) is 30.4. The first-order valence-corrected chi connectivity index (χ1v) is 8.55. The molecule has 1 aromatic carbocycles. The molecular formula is C19H22N3O7+. The van der Waals surface area contributed by atoms with Crippen molar-refractivity contribution in [1.82, 2.24) is 10.2 Å². The number of nitrogens with one attached hydrogen (secondary N) is 1. The van der Waals surface area contributed by atoms with Crippen LogP contribution >= 0.6 is 0 Å². The maximum atomic E-state index is 12.0. The third kappa shape index (κ3) is 6.09. The van der Waals surface area contributed by atoms with Crippen molar-refractivity contribution < 1.29 is 39.0 Å². The number of ether oxygens (including phenoxy) is 1. The third-order valence-electron chi connectivity index (χ3n) is 3.93. The summed E-state index contributed by atoms with van der Waals surface area (Å²) in [6.45, 7) is -0.229. The number of aromatic hydroxyl groups is 2. The molecule has 0 aliphatic carbocycles. The standard InChI is InChI=1S/C19H21N3O7/c1-21(2)17(25)13-4-3-7-22(10-13)11-29-19(28)20-14(18(26)27)8-12-5-6-15(23)16(24)9-12/h3-7,9-10,14H,8,11H2,1-2H3,(H3-,20,23,24,26,27,28)/p+1. The molecule has 29 heavy (non-hydrogen) atoms. The van der Waals surface area contributed by atoms with Gasteiger partial charge in [-0.25, -0.2) is 9.59 Å². The SMILES string of the molecule is CN(C)C(=O)c1ccc[n+](COC(=O)NC(Cc2ccc(O)c(O)c2)C(=O)O)c1. The number of aromatic nitrogens is 1. The molecule has 0 spiro atoms. The van der Waals surface area contributed by atoms with Crippen LogP contribution < -0.4 is 9.88 Å². The lowest BCUT2D eigenvalue weighted by molar-refractivity contribution is -0.727. The van der Waals surface area contributed by atoms with Crippen molar-refractivity contribution in [3.05, 3.63) is 53.9 Å². The number of carbonyl (C=O) groups excluding carboxylic acids is 2. The fraction of sp³-hybridized carbons (Fsp3) is 0.263. The molecule has 1 heterocycles. The van der Waals surface area contributed by atoms with Crippen molar-refractivity contribution in [2.24, 2.45) is 0 Å². The van der Waals surface area contributed by atoms with Crippen LogP contribution in [0.1, 0.15) is 15.9 Å². The third-order valence-corrected chi connectivity index (χ3v) is 3.93. The molecule has 154 valence electrons. The van der Waals surface area contributed by atoms with E-state index in [1.165, 1.54) is 33.9 Å². The maximum Gasteiger partial charge on any atom is 0.412 e. The van der Waals surface area contributed by atoms with Gasteiger partial charge in [-0.3, -0.25) is 4.79 Å². The minimum atomic E-state index is -1.31. The number of carbonyl (C=O) groups is 3. The van der Waals surface area contributed by atoms with Crippen LogP contribution in [-0.4, -0.2) is 58.3 Å². The van der Waals surface area contributed by atoms with Crippen molar-refractivity contribution in [1.29, 1.82) is 0 Å². The molecule has 2 amide bonds. The molecule has 0 saturated carbocycles. The van der Waals surface area contributed by atoms with Gasteiger partial charge in [0.1, 0.15) is 11.6 Å². The van der Waals surface area contributed by atoms with Crippen LogP contribution in [0.3, 0.4) is 0 Å². The van der Waals surface area contributed by atoms with Crippen LogP contribution in [0.15, 0.2) is 42.7 Å². The largest absolute Gasteiger partial charge is 0.504 e. The number of amides is 2. The van der Waals surface area contributed by atoms with Gasteiger partial charge in [0, 0.05) is 26.6 Å². The monoisotopic (exact) mass is 404 g/mol. The minimum Gasteiger partial charge on any atom is -0.504 e. The van der Waals surface area contributed by atoms with Gasteiger partial charge in [-0.15, -0.1) is 0 Å². The number of benzene rings is 1. The molecule has 1 atom stereocenters. The zero-order chi connectivity index (χ0) is 21.6. The van der Waals surface area contributed by atoms with Crippen molar-refractivity contribution >= 4 is 18.0 Å². The van der Waals surface area contributed by atoms with Gasteiger partial charge in [0.05, 0.1) is 0 Å². The highest BCUT2D eigenvalue weighted by molar-refractivity contribution is 5.93. The van der Waals surface area contributed by atoms with Gasteiger partial charge < -0.3 is 30.3 Å². The molecule has 4 N–H and O–H groups in total. The van der Waals surface area contributed by atoms with Gasteiger partial charge in [0.2, 0.25) is 0 Å². The molecule has 1 aromatic heterocycles. The minimum absolute atomic E-state index is 0.127. The Labute approximate surface area is 166 Å². The van der Waals surface area contributed by atoms with E-state index < -0.39 is 23.9 Å². The highest BCUT2D eigenvalue weighted by Gasteiger charge is 2.22. The van der Waals surface area contributed by atoms with Crippen molar-refractivity contribution in [3.63, 3.8) is 0 Å². The Kier molecular flexibility index (Phi) is 6.96. The second-order valence-corrected chi connectivity index (χ2v) is 6.43. The van der Waals surface area contributed by atoms with Crippen LogP contribution in [0.5, 0.6) is 11.5 Å². The molecule has 1 unspecified atom stereocenters. The van der Waals surface area contributed by atoms with Crippen molar-refractivity contribution in [2.75, 3.05) is 14.1 Å². The highest BCUT2D eigenvalue weighted by Crippen LogP contribution is 2.25. The molecule has 0 aliphatic heterocycles. The number of rotatable bonds is 7. The number of carboxylic acid groups (broad SMARTS) is 1. The lowest BCUT2D eigenvalue weighted by Gasteiger charge is -2.14. The van der Waals surface area contributed by atoms with E-state index in [1.54, 1.807) is 32.4 Å². The van der Waals surface area contributed by atoms with E-state index in [1.807, 2.05) is 0 Å². The van der Waals surface area contributed by atoms with Gasteiger partial charge >= 0.3 is 12.1 Å². The zero-order valence-electron chi connectivity index (χ0n) is 15.9. The number of hydrogen-bond acceptors (Lipinski definition) is 6. The van der Waals surface area contributed by atoms with Gasteiger partial charge in [-0.05, 0) is 23.8 Å². The van der Waals surface area contributed by atoms with E-state index in [0.717, 1.165) is 0 Å². The summed E-state index contributed by atoms with van der Waals surface area (Å²) < 4.78 is 6.48. The fourth-order valence-electron chi connectivity index (χ4n) is 2.44. The van der Waals surface area contributed by atoms with Crippen molar-refractivity contribution in [3.8, 4) is 11.5 Å². The number of nitrogens with zero attached hydrogens (tertiary/aromatic N) is 2. The number of phenolic OH excluding ortho intramolecular Hbond substituents is 2. The topological polar surface area (TPSA) is 140 Å². The number of carboxylic acids is 1. The highest BCUT2D eigenvalue weighted by atomic mass is 16.6. The van der Waals surface area contributed by atoms with Crippen LogP contribution in [0.4, 0.5) is 4.79 Å². The Morgan fingerprint density at radius 1 is 1.17 bits per heavy atom. The summed E-state index contributed by atoms with van der Waals surface area (Å²) >= 11 is 0. The van der Waals surface area contributed by atoms with E-state index >= 15 is 0 Å². The Morgan fingerprint density at radius 3 is 2.52 bits per heavy atom. The van der Waals surface area contributed by atoms with E-state index in [-0.39, 0.29) is 24.8 Å². The average Bonchev–Trinajstić information content (AvgIpc) is 2.68. The summed E-state index contributed by atoms with van der Waals surface area (Å²) in [6.07, 6.45) is 2.01. The first-order valence-electron chi connectivity index (χ1n) is 8.55. The lowest BCUT2D eigenvalue weighted by atomic mass is 10.1. The van der Waals surface area contributed by atoms with Gasteiger partial charge in [0.15, 0.2) is 23.9 Å². The van der Waals surface area contributed by atoms with Crippen LogP contribution in [0.2, 0.25) is 0 Å². The molecule has 0 aliphatic rings. The summed E-state index contributed by atoms with van der Waals surface area (Å²) in [4.78, 5) is 36.8. The molecule has 0 saturated heterocycles. The molecule has 0 bridgehead atoms. The van der Waals surface area contributed by atoms with E-state index in [4.69, 9.17) is 4.74 Å². The molecule has 2 aromatic rings. The molecule has 2 rings (SSSR count). The summed E-state index contributed by atoms with van der Waals surface area (Å²) in [5.74, 6) is -2.23. The second kappa shape index (κ2) is 9.40. The molecule has 10 nitrogen and oxygen atoms in total. The predicted octanol–water partition coefficient (Wildman–Crippen LogP) is 0.467. The summed E-state index contributed by atoms with van der Waals surface area (Å²) in [7, 11) is 3.23. The predicted molar refractivity (Wildman–Crippen MR) is 99.2 cm³/mol. The number of hydrogen-bond donors (Lipinski definition) is 4. The first kappa shape index (κ1) is 21.5. The smallest absolute Gasteiger partial charge is 0.412 e. The second-order valence-electron chi connectivity index (χ2n) is 6.43. The van der Waals surface area contributed by atoms with E-state index in [9.17, 15) is 29.7 Å². The van der Waals surface area contributed by atoms with Gasteiger partial charge in [-0.1, -0.05) is 6.07 Å². The normalized spacial score (nSPS) is 11.4. The Balaban J connectivity index is 1.97. The Morgan fingerprint density at radius 2 is 1.90 bits per heavy atom. The maximum absolute atomic E-state index is 12.0. The van der Waals surface area contributed by atoms with E-state index in [0.29, 0.717) is 11.1 Å². The van der Waals surface area contributed by atoms with Gasteiger partial charge in [0.25, 0.3) is 12.6 Å². The van der Waals surface area contributed by atoms with Gasteiger partial charge in [-0.2, -0.15) is 4.57 Å².